The Hall–Kier alpha value is -0.530. The molecule has 1 atom stereocenters. The van der Waals surface area contributed by atoms with E-state index in [-0.39, 0.29) is 11.2 Å². The number of benzene rings is 1. The molecule has 0 spiro atoms. The molecular formula is C11H12Cl2O. The zero-order chi connectivity index (χ0) is 10.6. The Morgan fingerprint density at radius 3 is 2.57 bits per heavy atom. The van der Waals surface area contributed by atoms with Crippen LogP contribution in [0.3, 0.4) is 0 Å². The molecule has 1 nitrogen and oxygen atoms in total. The molecule has 0 aliphatic carbocycles. The van der Waals surface area contributed by atoms with E-state index in [4.69, 9.17) is 23.2 Å². The molecule has 3 heteroatoms. The van der Waals surface area contributed by atoms with Crippen molar-refractivity contribution < 1.29 is 4.79 Å². The third-order valence-corrected chi connectivity index (χ3v) is 2.74. The highest BCUT2D eigenvalue weighted by Crippen LogP contribution is 2.29. The van der Waals surface area contributed by atoms with Crippen LogP contribution in [0.25, 0.3) is 0 Å². The molecule has 0 heterocycles. The molecule has 0 aromatic heterocycles. The molecule has 1 unspecified atom stereocenters. The van der Waals surface area contributed by atoms with E-state index in [1.807, 2.05) is 31.2 Å². The van der Waals surface area contributed by atoms with Gasteiger partial charge in [-0.3, -0.25) is 4.79 Å². The summed E-state index contributed by atoms with van der Waals surface area (Å²) >= 11 is 11.4. The minimum atomic E-state index is -0.309. The van der Waals surface area contributed by atoms with Crippen LogP contribution in [0.4, 0.5) is 0 Å². The molecular weight excluding hydrogens is 219 g/mol. The molecule has 0 bridgehead atoms. The van der Waals surface area contributed by atoms with E-state index >= 15 is 0 Å². The van der Waals surface area contributed by atoms with Crippen LogP contribution in [0.5, 0.6) is 0 Å². The number of halogens is 2. The molecule has 1 aromatic carbocycles. The minimum Gasteiger partial charge on any atom is -0.281 e. The SMILES string of the molecule is CCC(CC(=O)Cl)c1ccccc1Cl. The van der Waals surface area contributed by atoms with Crippen LogP contribution in [0.2, 0.25) is 5.02 Å². The highest BCUT2D eigenvalue weighted by molar-refractivity contribution is 6.63. The van der Waals surface area contributed by atoms with Gasteiger partial charge < -0.3 is 0 Å². The molecule has 0 N–H and O–H groups in total. The van der Waals surface area contributed by atoms with Gasteiger partial charge >= 0.3 is 0 Å². The van der Waals surface area contributed by atoms with Crippen LogP contribution < -0.4 is 0 Å². The summed E-state index contributed by atoms with van der Waals surface area (Å²) in [6.45, 7) is 2.02. The van der Waals surface area contributed by atoms with E-state index in [1.165, 1.54) is 0 Å². The molecule has 1 aromatic rings. The summed E-state index contributed by atoms with van der Waals surface area (Å²) < 4.78 is 0. The van der Waals surface area contributed by atoms with Crippen LogP contribution in [-0.4, -0.2) is 5.24 Å². The Bertz CT molecular complexity index is 323. The lowest BCUT2D eigenvalue weighted by molar-refractivity contribution is -0.112. The third kappa shape index (κ3) is 3.00. The molecule has 0 aliphatic rings. The molecule has 0 fully saturated rings. The molecule has 14 heavy (non-hydrogen) atoms. The number of hydrogen-bond acceptors (Lipinski definition) is 1. The van der Waals surface area contributed by atoms with Gasteiger partial charge in [0.2, 0.25) is 5.24 Å². The van der Waals surface area contributed by atoms with Crippen molar-refractivity contribution >= 4 is 28.4 Å². The lowest BCUT2D eigenvalue weighted by Crippen LogP contribution is -2.02. The van der Waals surface area contributed by atoms with E-state index in [1.54, 1.807) is 0 Å². The normalized spacial score (nSPS) is 12.5. The maximum Gasteiger partial charge on any atom is 0.222 e. The van der Waals surface area contributed by atoms with Gasteiger partial charge in [-0.05, 0) is 35.6 Å². The molecule has 0 saturated carbocycles. The van der Waals surface area contributed by atoms with E-state index in [9.17, 15) is 4.79 Å². The van der Waals surface area contributed by atoms with Gasteiger partial charge in [0.15, 0.2) is 0 Å². The van der Waals surface area contributed by atoms with E-state index < -0.39 is 0 Å². The molecule has 0 amide bonds. The van der Waals surface area contributed by atoms with Crippen LogP contribution in [0.1, 0.15) is 31.2 Å². The van der Waals surface area contributed by atoms with Gasteiger partial charge in [-0.25, -0.2) is 0 Å². The Labute approximate surface area is 94.0 Å². The fourth-order valence-corrected chi connectivity index (χ4v) is 1.95. The highest BCUT2D eigenvalue weighted by atomic mass is 35.5. The number of carbonyl (C=O) groups is 1. The monoisotopic (exact) mass is 230 g/mol. The summed E-state index contributed by atoms with van der Waals surface area (Å²) in [7, 11) is 0. The first-order valence-electron chi connectivity index (χ1n) is 4.58. The second-order valence-corrected chi connectivity index (χ2v) is 4.01. The number of rotatable bonds is 4. The zero-order valence-corrected chi connectivity index (χ0v) is 9.48. The smallest absolute Gasteiger partial charge is 0.222 e. The Morgan fingerprint density at radius 2 is 2.07 bits per heavy atom. The van der Waals surface area contributed by atoms with Crippen molar-refractivity contribution in [3.05, 3.63) is 34.9 Å². The molecule has 0 radical (unpaired) electrons. The summed E-state index contributed by atoms with van der Waals surface area (Å²) in [5, 5.41) is 0.397. The summed E-state index contributed by atoms with van der Waals surface area (Å²) in [6.07, 6.45) is 1.21. The maximum atomic E-state index is 10.8. The minimum absolute atomic E-state index is 0.133. The van der Waals surface area contributed by atoms with Gasteiger partial charge in [0.25, 0.3) is 0 Å². The van der Waals surface area contributed by atoms with Gasteiger partial charge in [0.1, 0.15) is 0 Å². The van der Waals surface area contributed by atoms with Crippen molar-refractivity contribution in [2.24, 2.45) is 0 Å². The van der Waals surface area contributed by atoms with Crippen LogP contribution in [-0.2, 0) is 4.79 Å². The lowest BCUT2D eigenvalue weighted by Gasteiger charge is -2.14. The topological polar surface area (TPSA) is 17.1 Å². The van der Waals surface area contributed by atoms with Crippen molar-refractivity contribution in [2.75, 3.05) is 0 Å². The average Bonchev–Trinajstić information content (AvgIpc) is 2.15. The zero-order valence-electron chi connectivity index (χ0n) is 7.97. The van der Waals surface area contributed by atoms with Crippen molar-refractivity contribution in [3.8, 4) is 0 Å². The van der Waals surface area contributed by atoms with Crippen LogP contribution >= 0.6 is 23.2 Å². The van der Waals surface area contributed by atoms with Gasteiger partial charge in [-0.2, -0.15) is 0 Å². The second kappa shape index (κ2) is 5.38. The van der Waals surface area contributed by atoms with Crippen molar-refractivity contribution in [3.63, 3.8) is 0 Å². The standard InChI is InChI=1S/C11H12Cl2O/c1-2-8(7-11(13)14)9-5-3-4-6-10(9)12/h3-6,8H,2,7H2,1H3. The molecule has 0 saturated heterocycles. The Kier molecular flexibility index (Phi) is 4.43. The van der Waals surface area contributed by atoms with Gasteiger partial charge in [0, 0.05) is 11.4 Å². The molecule has 76 valence electrons. The second-order valence-electron chi connectivity index (χ2n) is 3.19. The predicted octanol–water partition coefficient (Wildman–Crippen LogP) is 3.99. The van der Waals surface area contributed by atoms with E-state index in [0.717, 1.165) is 12.0 Å². The van der Waals surface area contributed by atoms with Gasteiger partial charge in [-0.15, -0.1) is 0 Å². The van der Waals surface area contributed by atoms with E-state index in [0.29, 0.717) is 11.4 Å². The fraction of sp³-hybridized carbons (Fsp3) is 0.364. The number of hydrogen-bond donors (Lipinski definition) is 0. The predicted molar refractivity (Wildman–Crippen MR) is 60.0 cm³/mol. The lowest BCUT2D eigenvalue weighted by atomic mass is 9.94. The number of carbonyl (C=O) groups excluding carboxylic acids is 1. The fourth-order valence-electron chi connectivity index (χ4n) is 1.47. The van der Waals surface area contributed by atoms with Gasteiger partial charge in [0.05, 0.1) is 0 Å². The van der Waals surface area contributed by atoms with E-state index in [2.05, 4.69) is 0 Å². The van der Waals surface area contributed by atoms with Crippen molar-refractivity contribution in [1.29, 1.82) is 0 Å². The summed E-state index contributed by atoms with van der Waals surface area (Å²) in [5.74, 6) is 0.133. The first-order valence-corrected chi connectivity index (χ1v) is 5.33. The van der Waals surface area contributed by atoms with Gasteiger partial charge in [-0.1, -0.05) is 36.7 Å². The van der Waals surface area contributed by atoms with Crippen molar-refractivity contribution in [1.82, 2.24) is 0 Å². The average molecular weight is 231 g/mol. The first-order chi connectivity index (χ1) is 6.65. The Balaban J connectivity index is 2.89. The molecule has 1 rings (SSSR count). The maximum absolute atomic E-state index is 10.8. The quantitative estimate of drug-likeness (QED) is 0.716. The highest BCUT2D eigenvalue weighted by Gasteiger charge is 2.14. The molecule has 0 aliphatic heterocycles. The van der Waals surface area contributed by atoms with Crippen LogP contribution in [0.15, 0.2) is 24.3 Å². The third-order valence-electron chi connectivity index (χ3n) is 2.24. The first kappa shape index (κ1) is 11.5. The summed E-state index contributed by atoms with van der Waals surface area (Å²) in [5.41, 5.74) is 1.01. The van der Waals surface area contributed by atoms with Crippen LogP contribution in [0, 0.1) is 0 Å². The summed E-state index contributed by atoms with van der Waals surface area (Å²) in [4.78, 5) is 10.8. The largest absolute Gasteiger partial charge is 0.281 e. The summed E-state index contributed by atoms with van der Waals surface area (Å²) in [6, 6.07) is 7.57. The Morgan fingerprint density at radius 1 is 1.43 bits per heavy atom. The van der Waals surface area contributed by atoms with Crippen molar-refractivity contribution in [2.45, 2.75) is 25.7 Å².